The number of nitrogens with zero attached hydrogens (tertiary/aromatic N) is 2. The Morgan fingerprint density at radius 3 is 2.76 bits per heavy atom. The third-order valence-corrected chi connectivity index (χ3v) is 3.13. The first-order chi connectivity index (χ1) is 9.85. The van der Waals surface area contributed by atoms with E-state index >= 15 is 0 Å². The fraction of sp³-hybridized carbons (Fsp3) is 0.400. The van der Waals surface area contributed by atoms with Gasteiger partial charge in [0.15, 0.2) is 11.5 Å². The SMILES string of the molecule is COc1cccc(CNCCCn2ccnc2)c1OC.Cl. The zero-order valence-electron chi connectivity index (χ0n) is 12.4. The minimum Gasteiger partial charge on any atom is -0.493 e. The van der Waals surface area contributed by atoms with Crippen molar-refractivity contribution in [1.29, 1.82) is 0 Å². The molecule has 0 amide bonds. The lowest BCUT2D eigenvalue weighted by molar-refractivity contribution is 0.350. The zero-order valence-corrected chi connectivity index (χ0v) is 13.2. The minimum atomic E-state index is 0. The van der Waals surface area contributed by atoms with Gasteiger partial charge in [0, 0.05) is 31.0 Å². The third kappa shape index (κ3) is 4.95. The van der Waals surface area contributed by atoms with Gasteiger partial charge in [-0.15, -0.1) is 12.4 Å². The van der Waals surface area contributed by atoms with Crippen LogP contribution in [0.15, 0.2) is 36.9 Å². The molecule has 1 aromatic carbocycles. The van der Waals surface area contributed by atoms with Crippen molar-refractivity contribution < 1.29 is 9.47 Å². The van der Waals surface area contributed by atoms with Gasteiger partial charge in [-0.25, -0.2) is 4.98 Å². The summed E-state index contributed by atoms with van der Waals surface area (Å²) in [6.07, 6.45) is 6.67. The quantitative estimate of drug-likeness (QED) is 0.761. The van der Waals surface area contributed by atoms with Crippen LogP contribution >= 0.6 is 12.4 Å². The molecular formula is C15H22ClN3O2. The molecule has 0 unspecified atom stereocenters. The van der Waals surface area contributed by atoms with Crippen LogP contribution in [0.1, 0.15) is 12.0 Å². The summed E-state index contributed by atoms with van der Waals surface area (Å²) in [5.41, 5.74) is 1.11. The number of hydrogen-bond acceptors (Lipinski definition) is 4. The average molecular weight is 312 g/mol. The molecule has 0 radical (unpaired) electrons. The Morgan fingerprint density at radius 2 is 2.10 bits per heavy atom. The molecule has 2 rings (SSSR count). The molecule has 1 aromatic heterocycles. The maximum absolute atomic E-state index is 5.41. The van der Waals surface area contributed by atoms with E-state index in [2.05, 4.69) is 14.9 Å². The number of aromatic nitrogens is 2. The molecule has 21 heavy (non-hydrogen) atoms. The van der Waals surface area contributed by atoms with Crippen LogP contribution in [0.2, 0.25) is 0 Å². The van der Waals surface area contributed by atoms with E-state index in [9.17, 15) is 0 Å². The Balaban J connectivity index is 0.00000220. The number of aryl methyl sites for hydroxylation is 1. The van der Waals surface area contributed by atoms with Crippen LogP contribution in [0.4, 0.5) is 0 Å². The van der Waals surface area contributed by atoms with Crippen LogP contribution in [-0.4, -0.2) is 30.3 Å². The van der Waals surface area contributed by atoms with Crippen molar-refractivity contribution in [1.82, 2.24) is 14.9 Å². The molecule has 1 heterocycles. The third-order valence-electron chi connectivity index (χ3n) is 3.13. The van der Waals surface area contributed by atoms with Crippen molar-refractivity contribution in [3.8, 4) is 11.5 Å². The Hall–Kier alpha value is -1.72. The number of halogens is 1. The van der Waals surface area contributed by atoms with Gasteiger partial charge in [-0.05, 0) is 19.0 Å². The monoisotopic (exact) mass is 311 g/mol. The van der Waals surface area contributed by atoms with Gasteiger partial charge in [0.2, 0.25) is 0 Å². The summed E-state index contributed by atoms with van der Waals surface area (Å²) >= 11 is 0. The number of ether oxygens (including phenoxy) is 2. The normalized spacial score (nSPS) is 10.0. The molecule has 116 valence electrons. The van der Waals surface area contributed by atoms with Crippen molar-refractivity contribution in [3.63, 3.8) is 0 Å². The van der Waals surface area contributed by atoms with Crippen LogP contribution in [0, 0.1) is 0 Å². The standard InChI is InChI=1S/C15H21N3O2.ClH/c1-19-14-6-3-5-13(15(14)20-2)11-16-7-4-9-18-10-8-17-12-18;/h3,5-6,8,10,12,16H,4,7,9,11H2,1-2H3;1H. The second-order valence-corrected chi connectivity index (χ2v) is 4.48. The lowest BCUT2D eigenvalue weighted by Crippen LogP contribution is -2.17. The van der Waals surface area contributed by atoms with Crippen LogP contribution in [0.25, 0.3) is 0 Å². The van der Waals surface area contributed by atoms with Gasteiger partial charge in [0.25, 0.3) is 0 Å². The molecule has 6 heteroatoms. The number of benzene rings is 1. The number of imidazole rings is 1. The van der Waals surface area contributed by atoms with E-state index in [-0.39, 0.29) is 12.4 Å². The highest BCUT2D eigenvalue weighted by atomic mass is 35.5. The summed E-state index contributed by atoms with van der Waals surface area (Å²) < 4.78 is 12.8. The second-order valence-electron chi connectivity index (χ2n) is 4.48. The van der Waals surface area contributed by atoms with Crippen molar-refractivity contribution in [2.24, 2.45) is 0 Å². The van der Waals surface area contributed by atoms with Gasteiger partial charge < -0.3 is 19.4 Å². The molecule has 0 saturated heterocycles. The molecule has 0 bridgehead atoms. The average Bonchev–Trinajstić information content (AvgIpc) is 2.99. The Labute approximate surface area is 131 Å². The van der Waals surface area contributed by atoms with Crippen molar-refractivity contribution in [2.75, 3.05) is 20.8 Å². The van der Waals surface area contributed by atoms with E-state index < -0.39 is 0 Å². The number of nitrogens with one attached hydrogen (secondary N) is 1. The van der Waals surface area contributed by atoms with Gasteiger partial charge in [0.05, 0.1) is 20.5 Å². The lowest BCUT2D eigenvalue weighted by atomic mass is 10.2. The number of rotatable bonds is 8. The fourth-order valence-electron chi connectivity index (χ4n) is 2.12. The van der Waals surface area contributed by atoms with Gasteiger partial charge in [0.1, 0.15) is 0 Å². The van der Waals surface area contributed by atoms with Crippen molar-refractivity contribution in [2.45, 2.75) is 19.5 Å². The highest BCUT2D eigenvalue weighted by Crippen LogP contribution is 2.30. The van der Waals surface area contributed by atoms with Gasteiger partial charge in [-0.3, -0.25) is 0 Å². The van der Waals surface area contributed by atoms with Crippen LogP contribution in [0.3, 0.4) is 0 Å². The first-order valence-corrected chi connectivity index (χ1v) is 6.71. The molecule has 2 aromatic rings. The number of methoxy groups -OCH3 is 2. The first kappa shape index (κ1) is 17.3. The Bertz CT molecular complexity index is 518. The molecule has 0 aliphatic carbocycles. The lowest BCUT2D eigenvalue weighted by Gasteiger charge is -2.13. The Kier molecular flexibility index (Phi) is 7.64. The molecule has 0 saturated carbocycles. The fourth-order valence-corrected chi connectivity index (χ4v) is 2.12. The highest BCUT2D eigenvalue weighted by Gasteiger charge is 2.08. The summed E-state index contributed by atoms with van der Waals surface area (Å²) in [6, 6.07) is 5.93. The molecule has 0 fully saturated rings. The summed E-state index contributed by atoms with van der Waals surface area (Å²) in [6.45, 7) is 2.69. The smallest absolute Gasteiger partial charge is 0.165 e. The molecule has 0 aliphatic heterocycles. The van der Waals surface area contributed by atoms with Crippen LogP contribution in [0.5, 0.6) is 11.5 Å². The predicted molar refractivity (Wildman–Crippen MR) is 85.3 cm³/mol. The largest absolute Gasteiger partial charge is 0.493 e. The van der Waals surface area contributed by atoms with E-state index in [1.807, 2.05) is 30.7 Å². The van der Waals surface area contributed by atoms with E-state index in [1.165, 1.54) is 0 Å². The highest BCUT2D eigenvalue weighted by molar-refractivity contribution is 5.85. The van der Waals surface area contributed by atoms with Gasteiger partial charge in [-0.2, -0.15) is 0 Å². The minimum absolute atomic E-state index is 0. The van der Waals surface area contributed by atoms with Crippen LogP contribution in [-0.2, 0) is 13.1 Å². The Morgan fingerprint density at radius 1 is 1.24 bits per heavy atom. The first-order valence-electron chi connectivity index (χ1n) is 6.71. The summed E-state index contributed by atoms with van der Waals surface area (Å²) in [4.78, 5) is 4.02. The van der Waals surface area contributed by atoms with Crippen molar-refractivity contribution in [3.05, 3.63) is 42.5 Å². The molecule has 1 N–H and O–H groups in total. The van der Waals surface area contributed by atoms with E-state index in [0.717, 1.165) is 43.1 Å². The number of hydrogen-bond donors (Lipinski definition) is 1. The topological polar surface area (TPSA) is 48.3 Å². The molecular weight excluding hydrogens is 290 g/mol. The van der Waals surface area contributed by atoms with Gasteiger partial charge in [-0.1, -0.05) is 12.1 Å². The maximum Gasteiger partial charge on any atom is 0.165 e. The van der Waals surface area contributed by atoms with Gasteiger partial charge >= 0.3 is 0 Å². The van der Waals surface area contributed by atoms with E-state index in [1.54, 1.807) is 20.4 Å². The molecule has 0 atom stereocenters. The summed E-state index contributed by atoms with van der Waals surface area (Å²) in [7, 11) is 3.32. The predicted octanol–water partition coefficient (Wildman–Crippen LogP) is 2.50. The molecule has 0 spiro atoms. The zero-order chi connectivity index (χ0) is 14.2. The molecule has 5 nitrogen and oxygen atoms in total. The van der Waals surface area contributed by atoms with E-state index in [4.69, 9.17) is 9.47 Å². The maximum atomic E-state index is 5.41. The summed E-state index contributed by atoms with van der Waals surface area (Å²) in [5, 5.41) is 3.42. The number of para-hydroxylation sites is 1. The van der Waals surface area contributed by atoms with Crippen LogP contribution < -0.4 is 14.8 Å². The second kappa shape index (κ2) is 9.26. The summed E-state index contributed by atoms with van der Waals surface area (Å²) in [5.74, 6) is 1.57. The van der Waals surface area contributed by atoms with E-state index in [0.29, 0.717) is 0 Å². The molecule has 0 aliphatic rings. The van der Waals surface area contributed by atoms with Crippen molar-refractivity contribution >= 4 is 12.4 Å².